The molecule has 0 bridgehead atoms. The molecule has 0 aliphatic rings. The summed E-state index contributed by atoms with van der Waals surface area (Å²) in [6.45, 7) is 10.4. The predicted octanol–water partition coefficient (Wildman–Crippen LogP) is 28.4. The maximum Gasteiger partial charge on any atom is 0.338 e. The molecule has 0 aromatic heterocycles. The van der Waals surface area contributed by atoms with Crippen molar-refractivity contribution in [1.29, 1.82) is 0 Å². The topological polar surface area (TPSA) is 105 Å². The summed E-state index contributed by atoms with van der Waals surface area (Å²) in [5, 5.41) is 0. The third-order valence-electron chi connectivity index (χ3n) is 21.2. The first-order chi connectivity index (χ1) is 57.2. The molecular formula is C108H146O8. The molecule has 0 atom stereocenters. The van der Waals surface area contributed by atoms with Crippen molar-refractivity contribution in [2.75, 3.05) is 26.4 Å². The fourth-order valence-electron chi connectivity index (χ4n) is 14.3. The Hall–Kier alpha value is -8.76. The number of hydrogen-bond donors (Lipinski definition) is 0. The van der Waals surface area contributed by atoms with Crippen molar-refractivity contribution in [2.24, 2.45) is 0 Å². The average molecular weight is 1570 g/mol. The number of hydrogen-bond acceptors (Lipinski definition) is 8. The van der Waals surface area contributed by atoms with Gasteiger partial charge in [0.1, 0.15) is 0 Å². The Labute approximate surface area is 706 Å². The van der Waals surface area contributed by atoms with Crippen molar-refractivity contribution in [3.8, 4) is 95.2 Å². The van der Waals surface area contributed by atoms with Crippen molar-refractivity contribution in [2.45, 2.75) is 387 Å². The summed E-state index contributed by atoms with van der Waals surface area (Å²) in [4.78, 5) is 54.1. The highest BCUT2D eigenvalue weighted by Gasteiger charge is 2.14. The monoisotopic (exact) mass is 1570 g/mol. The molecule has 8 heteroatoms. The van der Waals surface area contributed by atoms with Crippen molar-refractivity contribution < 1.29 is 38.1 Å². The van der Waals surface area contributed by atoms with Crippen LogP contribution < -0.4 is 0 Å². The van der Waals surface area contributed by atoms with E-state index in [0.29, 0.717) is 82.1 Å². The van der Waals surface area contributed by atoms with E-state index in [9.17, 15) is 19.2 Å². The Balaban J connectivity index is 1.51. The Morgan fingerprint density at radius 3 is 0.595 bits per heavy atom. The lowest BCUT2D eigenvalue weighted by molar-refractivity contribution is 0.0488. The second-order valence-corrected chi connectivity index (χ2v) is 31.8. The number of terminal acetylenes is 1. The van der Waals surface area contributed by atoms with Crippen LogP contribution in [0.15, 0.2) is 78.9 Å². The van der Waals surface area contributed by atoms with E-state index in [1.807, 2.05) is 6.07 Å². The van der Waals surface area contributed by atoms with E-state index in [4.69, 9.17) is 25.4 Å². The van der Waals surface area contributed by atoms with Crippen molar-refractivity contribution in [3.63, 3.8) is 0 Å². The van der Waals surface area contributed by atoms with Crippen LogP contribution in [0.2, 0.25) is 0 Å². The molecule has 0 amide bonds. The Morgan fingerprint density at radius 1 is 0.216 bits per heavy atom. The molecule has 626 valence electrons. The van der Waals surface area contributed by atoms with Gasteiger partial charge in [-0.2, -0.15) is 0 Å². The molecule has 0 spiro atoms. The molecule has 0 saturated carbocycles. The standard InChI is InChI=1S/C108H146O8/c1-6-11-16-20-24-28-32-36-40-44-48-52-56-66-80-113-105(109)101-79-70-78-94(87-101)72-60-61-73-97-85-98(91-103(90-97)107(111)115-82-68-58-54-50-46-42-38-34-30-26-22-18-13-8-3)76-64-65-77-100-86-99(92-104(93-100)108(112)116-83-69-59-55-51-47-43-39-35-31-27-23-19-14-9-4)75-63-62-74-96-84-95(71-15-10-5)88-102(89-96)106(110)114-81-67-57-53-49-45-41-37-33-29-25-21-17-12-7-2/h5,70,78-79,84-93H,6-9,11-14,16-59,66-69,80-83H2,1-4H3. The normalized spacial score (nSPS) is 10.4. The first-order valence-electron chi connectivity index (χ1n) is 46.4. The van der Waals surface area contributed by atoms with Gasteiger partial charge in [-0.05, 0) is 146 Å². The van der Waals surface area contributed by atoms with E-state index >= 15 is 0 Å². The summed E-state index contributed by atoms with van der Waals surface area (Å²) in [6.07, 6.45) is 75.1. The molecule has 0 heterocycles. The van der Waals surface area contributed by atoms with E-state index in [0.717, 1.165) is 77.0 Å². The molecule has 0 radical (unpaired) electrons. The molecule has 4 aromatic rings. The Bertz CT molecular complexity index is 3890. The van der Waals surface area contributed by atoms with Crippen LogP contribution in [0.3, 0.4) is 0 Å². The van der Waals surface area contributed by atoms with Gasteiger partial charge in [-0.25, -0.2) is 19.2 Å². The quantitative estimate of drug-likeness (QED) is 0.0186. The summed E-state index contributed by atoms with van der Waals surface area (Å²) >= 11 is 0. The molecule has 116 heavy (non-hydrogen) atoms. The highest BCUT2D eigenvalue weighted by molar-refractivity contribution is 5.92. The predicted molar refractivity (Wildman–Crippen MR) is 485 cm³/mol. The second-order valence-electron chi connectivity index (χ2n) is 31.8. The van der Waals surface area contributed by atoms with Crippen LogP contribution in [0.5, 0.6) is 0 Å². The van der Waals surface area contributed by atoms with Gasteiger partial charge < -0.3 is 18.9 Å². The summed E-state index contributed by atoms with van der Waals surface area (Å²) in [7, 11) is 0. The molecule has 0 saturated heterocycles. The van der Waals surface area contributed by atoms with Crippen LogP contribution in [0.1, 0.15) is 468 Å². The van der Waals surface area contributed by atoms with Gasteiger partial charge in [-0.3, -0.25) is 0 Å². The molecule has 8 nitrogen and oxygen atoms in total. The zero-order valence-electron chi connectivity index (χ0n) is 72.8. The highest BCUT2D eigenvalue weighted by atomic mass is 16.5. The largest absolute Gasteiger partial charge is 0.462 e. The lowest BCUT2D eigenvalue weighted by Crippen LogP contribution is -2.07. The van der Waals surface area contributed by atoms with Crippen molar-refractivity contribution >= 4 is 23.9 Å². The molecule has 4 aromatic carbocycles. The number of unbranched alkanes of at least 4 members (excludes halogenated alkanes) is 52. The van der Waals surface area contributed by atoms with E-state index in [1.165, 1.54) is 283 Å². The molecule has 0 N–H and O–H groups in total. The summed E-state index contributed by atoms with van der Waals surface area (Å²) in [5.74, 6) is 42.4. The number of carbonyl (C=O) groups is 4. The Morgan fingerprint density at radius 2 is 0.388 bits per heavy atom. The molecule has 4 rings (SSSR count). The fourth-order valence-corrected chi connectivity index (χ4v) is 14.3. The third-order valence-corrected chi connectivity index (χ3v) is 21.2. The number of rotatable bonds is 64. The summed E-state index contributed by atoms with van der Waals surface area (Å²) in [5.41, 5.74) is 4.97. The van der Waals surface area contributed by atoms with E-state index in [2.05, 4.69) is 117 Å². The van der Waals surface area contributed by atoms with Crippen molar-refractivity contribution in [1.82, 2.24) is 0 Å². The van der Waals surface area contributed by atoms with Crippen LogP contribution in [-0.4, -0.2) is 50.3 Å². The summed E-state index contributed by atoms with van der Waals surface area (Å²) < 4.78 is 23.1. The van der Waals surface area contributed by atoms with Gasteiger partial charge in [-0.15, -0.1) is 6.42 Å². The zero-order valence-corrected chi connectivity index (χ0v) is 72.8. The minimum atomic E-state index is -0.484. The minimum absolute atomic E-state index is 0.289. The first-order valence-corrected chi connectivity index (χ1v) is 46.4. The van der Waals surface area contributed by atoms with Gasteiger partial charge in [0.15, 0.2) is 0 Å². The number of carbonyl (C=O) groups excluding carboxylic acids is 4. The molecule has 0 aliphatic carbocycles. The van der Waals surface area contributed by atoms with Crippen molar-refractivity contribution in [3.05, 3.63) is 140 Å². The van der Waals surface area contributed by atoms with E-state index < -0.39 is 17.9 Å². The van der Waals surface area contributed by atoms with Crippen LogP contribution in [-0.2, 0) is 18.9 Å². The lowest BCUT2D eigenvalue weighted by Gasteiger charge is -2.07. The second kappa shape index (κ2) is 71.5. The average Bonchev–Trinajstić information content (AvgIpc) is 0.860. The molecule has 0 fully saturated rings. The molecule has 0 aliphatic heterocycles. The number of benzene rings is 4. The zero-order chi connectivity index (χ0) is 82.7. The minimum Gasteiger partial charge on any atom is -0.462 e. The molecule has 0 unspecified atom stereocenters. The van der Waals surface area contributed by atoms with Crippen LogP contribution >= 0.6 is 0 Å². The van der Waals surface area contributed by atoms with Gasteiger partial charge >= 0.3 is 23.9 Å². The Kier molecular flexibility index (Phi) is 61.4. The first kappa shape index (κ1) is 99.6. The number of esters is 4. The highest BCUT2D eigenvalue weighted by Crippen LogP contribution is 2.21. The van der Waals surface area contributed by atoms with E-state index in [-0.39, 0.29) is 11.5 Å². The van der Waals surface area contributed by atoms with Crippen LogP contribution in [0.25, 0.3) is 0 Å². The SMILES string of the molecule is C#CC#Cc1cc(C#CC#Cc2cc(C#CC#Cc3cc(C#CC#Cc4cccc(C(=O)OCCCCCCCCCCCCCCCC)c4)cc(C(=O)OCCCCCCCCCCCCCCCC)c3)cc(C(=O)OCCCCCCCCCCCCCCCC)c2)cc(C(=O)OCCCCCCCCCCCCCCCC)c1. The lowest BCUT2D eigenvalue weighted by atomic mass is 10.0. The summed E-state index contributed by atoms with van der Waals surface area (Å²) in [6, 6.07) is 22.4. The maximum atomic E-state index is 13.8. The van der Waals surface area contributed by atoms with Gasteiger partial charge in [0, 0.05) is 38.9 Å². The third kappa shape index (κ3) is 53.5. The van der Waals surface area contributed by atoms with E-state index in [1.54, 1.807) is 72.8 Å². The van der Waals surface area contributed by atoms with Gasteiger partial charge in [0.2, 0.25) is 0 Å². The number of ether oxygens (including phenoxy) is 4. The molecular weight excluding hydrogens is 1430 g/mol. The fraction of sp³-hybridized carbons (Fsp3) is 0.593. The van der Waals surface area contributed by atoms with Gasteiger partial charge in [-0.1, -0.05) is 409 Å². The maximum absolute atomic E-state index is 13.8. The van der Waals surface area contributed by atoms with Crippen LogP contribution in [0.4, 0.5) is 0 Å². The van der Waals surface area contributed by atoms with Gasteiger partial charge in [0.05, 0.1) is 48.7 Å². The van der Waals surface area contributed by atoms with Gasteiger partial charge in [0.25, 0.3) is 0 Å². The van der Waals surface area contributed by atoms with Crippen LogP contribution in [0, 0.1) is 95.2 Å². The smallest absolute Gasteiger partial charge is 0.338 e.